The van der Waals surface area contributed by atoms with Crippen molar-refractivity contribution in [2.45, 2.75) is 51.3 Å². The van der Waals surface area contributed by atoms with Crippen molar-refractivity contribution in [2.75, 3.05) is 13.2 Å². The minimum Gasteiger partial charge on any atom is -0.483 e. The van der Waals surface area contributed by atoms with E-state index in [1.165, 1.54) is 12.1 Å². The summed E-state index contributed by atoms with van der Waals surface area (Å²) in [5.74, 6) is 0.176. The first-order valence-corrected chi connectivity index (χ1v) is 13.4. The van der Waals surface area contributed by atoms with Gasteiger partial charge in [0.15, 0.2) is 17.4 Å². The number of rotatable bonds is 10. The van der Waals surface area contributed by atoms with Gasteiger partial charge in [0.2, 0.25) is 5.88 Å². The molecule has 0 bridgehead atoms. The summed E-state index contributed by atoms with van der Waals surface area (Å²) >= 11 is 5.79. The van der Waals surface area contributed by atoms with Crippen LogP contribution in [0.15, 0.2) is 48.7 Å². The lowest BCUT2D eigenvalue weighted by Crippen LogP contribution is -2.60. The number of carboxylic acid groups (broad SMARTS) is 1. The van der Waals surface area contributed by atoms with E-state index in [1.54, 1.807) is 36.5 Å². The number of likely N-dealkylation sites (tertiary alicyclic amines) is 1. The fraction of sp³-hybridized carbons (Fsp3) is 0.357. The summed E-state index contributed by atoms with van der Waals surface area (Å²) in [5, 5.41) is 9.76. The molecular weight excluding hydrogens is 637 g/mol. The lowest BCUT2D eigenvalue weighted by Gasteiger charge is -2.45. The van der Waals surface area contributed by atoms with Crippen molar-refractivity contribution < 1.29 is 28.5 Å². The van der Waals surface area contributed by atoms with E-state index in [1.807, 2.05) is 0 Å². The van der Waals surface area contributed by atoms with Gasteiger partial charge in [-0.25, -0.2) is 19.2 Å². The molecule has 0 amide bonds. The SMILES string of the molecule is C[C@H]1[C@@H](Oc2ccnc(COc3ccc(Cl)cc3F)n2)CN1Cc1nc2ccc(C(=O)O)cc2n1C[C@@H]1CCO1.S.S.S. The molecule has 2 aliphatic rings. The standard InChI is InChI=1S/C28H27ClFN5O5.3H2S/c1-16-24(40-27-6-8-31-25(33-27)15-39-23-5-3-18(29)11-20(23)30)13-34(16)14-26-32-21-4-2-17(28(36)37)10-22(21)35(26)12-19-7-9-38-19;;;/h2-6,8,10-11,16,19,24H,7,9,12-15H2,1H3,(H,36,37);3*1H2/t16-,19-,24-;;;/m0.../s1. The fourth-order valence-corrected chi connectivity index (χ4v) is 5.00. The van der Waals surface area contributed by atoms with E-state index >= 15 is 0 Å². The van der Waals surface area contributed by atoms with E-state index in [9.17, 15) is 14.3 Å². The minimum atomic E-state index is -0.968. The molecule has 2 saturated heterocycles. The van der Waals surface area contributed by atoms with Crippen molar-refractivity contribution in [3.63, 3.8) is 0 Å². The van der Waals surface area contributed by atoms with Crippen molar-refractivity contribution >= 4 is 69.1 Å². The highest BCUT2D eigenvalue weighted by molar-refractivity contribution is 7.59. The van der Waals surface area contributed by atoms with Crippen molar-refractivity contribution in [3.05, 3.63) is 76.7 Å². The smallest absolute Gasteiger partial charge is 0.335 e. The van der Waals surface area contributed by atoms with Crippen molar-refractivity contribution in [2.24, 2.45) is 0 Å². The molecule has 4 aromatic rings. The zero-order valence-electron chi connectivity index (χ0n) is 23.2. The second kappa shape index (κ2) is 14.8. The van der Waals surface area contributed by atoms with Gasteiger partial charge in [0.1, 0.15) is 18.5 Å². The molecule has 0 saturated carbocycles. The van der Waals surface area contributed by atoms with Gasteiger partial charge >= 0.3 is 5.97 Å². The fourth-order valence-electron chi connectivity index (χ4n) is 4.84. The largest absolute Gasteiger partial charge is 0.483 e. The number of carboxylic acids is 1. The van der Waals surface area contributed by atoms with Crippen molar-refractivity contribution in [1.82, 2.24) is 24.4 Å². The van der Waals surface area contributed by atoms with E-state index in [4.69, 9.17) is 30.8 Å². The molecular formula is C28H33ClFN5O5S3. The van der Waals surface area contributed by atoms with Crippen LogP contribution >= 0.6 is 52.1 Å². The summed E-state index contributed by atoms with van der Waals surface area (Å²) in [6.07, 6.45) is 2.55. The number of fused-ring (bicyclic) bond motifs is 1. The Kier molecular flexibility index (Phi) is 12.0. The molecule has 2 aliphatic heterocycles. The molecule has 0 radical (unpaired) electrons. The second-order valence-corrected chi connectivity index (χ2v) is 10.4. The number of halogens is 2. The van der Waals surface area contributed by atoms with Gasteiger partial charge in [0, 0.05) is 36.5 Å². The van der Waals surface area contributed by atoms with E-state index in [-0.39, 0.29) is 81.7 Å². The first kappa shape index (κ1) is 34.7. The number of aromatic nitrogens is 4. The third-order valence-electron chi connectivity index (χ3n) is 7.33. The predicted molar refractivity (Wildman–Crippen MR) is 174 cm³/mol. The number of imidazole rings is 1. The van der Waals surface area contributed by atoms with Crippen LogP contribution in [0.5, 0.6) is 11.6 Å². The Balaban J connectivity index is 0.00000169. The summed E-state index contributed by atoms with van der Waals surface area (Å²) in [6, 6.07) is 11.0. The van der Waals surface area contributed by atoms with Crippen LogP contribution in [0.3, 0.4) is 0 Å². The first-order valence-electron chi connectivity index (χ1n) is 13.0. The first-order chi connectivity index (χ1) is 19.3. The zero-order valence-corrected chi connectivity index (χ0v) is 26.9. The van der Waals surface area contributed by atoms with Crippen LogP contribution in [0.25, 0.3) is 11.0 Å². The van der Waals surface area contributed by atoms with Gasteiger partial charge < -0.3 is 23.9 Å². The van der Waals surface area contributed by atoms with E-state index in [2.05, 4.69) is 26.4 Å². The molecule has 2 fully saturated rings. The molecule has 43 heavy (non-hydrogen) atoms. The maximum absolute atomic E-state index is 14.0. The number of aromatic carboxylic acids is 1. The molecule has 0 unspecified atom stereocenters. The van der Waals surface area contributed by atoms with Gasteiger partial charge in [-0.05, 0) is 49.7 Å². The van der Waals surface area contributed by atoms with Crippen LogP contribution in [-0.4, -0.2) is 66.9 Å². The van der Waals surface area contributed by atoms with Crippen LogP contribution in [0.2, 0.25) is 5.02 Å². The van der Waals surface area contributed by atoms with Gasteiger partial charge in [0.25, 0.3) is 0 Å². The molecule has 0 aliphatic carbocycles. The minimum absolute atomic E-state index is 0. The molecule has 3 atom stereocenters. The molecule has 10 nitrogen and oxygen atoms in total. The summed E-state index contributed by atoms with van der Waals surface area (Å²) < 4.78 is 33.4. The highest BCUT2D eigenvalue weighted by Crippen LogP contribution is 2.28. The molecule has 4 heterocycles. The molecule has 0 spiro atoms. The maximum atomic E-state index is 14.0. The topological polar surface area (TPSA) is 112 Å². The number of hydrogen-bond acceptors (Lipinski definition) is 8. The van der Waals surface area contributed by atoms with Crippen LogP contribution < -0.4 is 9.47 Å². The van der Waals surface area contributed by atoms with E-state index in [0.29, 0.717) is 31.3 Å². The van der Waals surface area contributed by atoms with Gasteiger partial charge in [0.05, 0.1) is 35.8 Å². The number of nitrogens with zero attached hydrogens (tertiary/aromatic N) is 5. The van der Waals surface area contributed by atoms with Crippen molar-refractivity contribution in [1.29, 1.82) is 0 Å². The number of carbonyl (C=O) groups is 1. The van der Waals surface area contributed by atoms with Gasteiger partial charge in [-0.2, -0.15) is 45.5 Å². The Labute approximate surface area is 273 Å². The lowest BCUT2D eigenvalue weighted by atomic mass is 10.0. The molecule has 6 rings (SSSR count). The Bertz CT molecular complexity index is 1580. The summed E-state index contributed by atoms with van der Waals surface area (Å²) in [4.78, 5) is 27.2. The summed E-state index contributed by atoms with van der Waals surface area (Å²) in [6.45, 7) is 4.67. The van der Waals surface area contributed by atoms with Crippen LogP contribution in [0, 0.1) is 5.82 Å². The quantitative estimate of drug-likeness (QED) is 0.257. The lowest BCUT2D eigenvalue weighted by molar-refractivity contribution is -0.0616. The van der Waals surface area contributed by atoms with Crippen LogP contribution in [-0.2, 0) is 24.4 Å². The second-order valence-electron chi connectivity index (χ2n) is 9.93. The predicted octanol–water partition coefficient (Wildman–Crippen LogP) is 4.68. The van der Waals surface area contributed by atoms with Crippen LogP contribution in [0.1, 0.15) is 35.4 Å². The summed E-state index contributed by atoms with van der Waals surface area (Å²) in [5.41, 5.74) is 1.78. The van der Waals surface area contributed by atoms with E-state index in [0.717, 1.165) is 29.9 Å². The monoisotopic (exact) mass is 669 g/mol. The Morgan fingerprint density at radius 2 is 1.95 bits per heavy atom. The zero-order chi connectivity index (χ0) is 27.8. The Morgan fingerprint density at radius 1 is 1.16 bits per heavy atom. The number of hydrogen-bond donors (Lipinski definition) is 1. The highest BCUT2D eigenvalue weighted by atomic mass is 35.5. The molecule has 2 aromatic heterocycles. The van der Waals surface area contributed by atoms with Crippen LogP contribution in [0.4, 0.5) is 4.39 Å². The van der Waals surface area contributed by atoms with E-state index < -0.39 is 11.8 Å². The molecule has 2 aromatic carbocycles. The number of benzene rings is 2. The third kappa shape index (κ3) is 7.67. The average molecular weight is 670 g/mol. The van der Waals surface area contributed by atoms with Gasteiger partial charge in [-0.1, -0.05) is 11.6 Å². The normalized spacial score (nSPS) is 19.2. The van der Waals surface area contributed by atoms with Crippen molar-refractivity contribution in [3.8, 4) is 11.6 Å². The molecule has 15 heteroatoms. The average Bonchev–Trinajstić information content (AvgIpc) is 3.25. The molecule has 1 N–H and O–H groups in total. The van der Waals surface area contributed by atoms with Gasteiger partial charge in [-0.3, -0.25) is 4.90 Å². The Hall–Kier alpha value is -2.75. The Morgan fingerprint density at radius 3 is 2.63 bits per heavy atom. The third-order valence-corrected chi connectivity index (χ3v) is 7.56. The highest BCUT2D eigenvalue weighted by Gasteiger charge is 2.38. The summed E-state index contributed by atoms with van der Waals surface area (Å²) in [7, 11) is 0. The number of ether oxygens (including phenoxy) is 3. The molecule has 232 valence electrons. The van der Waals surface area contributed by atoms with Gasteiger partial charge in [-0.15, -0.1) is 0 Å². The maximum Gasteiger partial charge on any atom is 0.335 e.